The summed E-state index contributed by atoms with van der Waals surface area (Å²) in [5, 5.41) is 7.97. The summed E-state index contributed by atoms with van der Waals surface area (Å²) >= 11 is 11.6. The second kappa shape index (κ2) is 5.47. The number of nitriles is 1. The van der Waals surface area contributed by atoms with Crippen LogP contribution >= 0.6 is 23.2 Å². The predicted octanol–water partition coefficient (Wildman–Crippen LogP) is 2.87. The van der Waals surface area contributed by atoms with Crippen LogP contribution in [0.2, 0.25) is 0 Å². The summed E-state index contributed by atoms with van der Waals surface area (Å²) in [7, 11) is 0. The molecule has 0 amide bonds. The minimum absolute atomic E-state index is 0.0358. The number of hydrogen-bond acceptors (Lipinski definition) is 2. The smallest absolute Gasteiger partial charge is 0.150 e. The van der Waals surface area contributed by atoms with E-state index < -0.39 is 10.3 Å². The molecule has 0 heterocycles. The third-order valence-electron chi connectivity index (χ3n) is 1.64. The molecule has 0 aliphatic heterocycles. The molecule has 0 aromatic rings. The molecule has 2 unspecified atom stereocenters. The largest absolute Gasteiger partial charge is 0.298 e. The Kier molecular flexibility index (Phi) is 5.36. The first kappa shape index (κ1) is 12.7. The van der Waals surface area contributed by atoms with Gasteiger partial charge in [0, 0.05) is 12.8 Å². The molecule has 0 aliphatic carbocycles. The first-order valence-corrected chi connectivity index (χ1v) is 5.01. The fourth-order valence-electron chi connectivity index (χ4n) is 0.899. The van der Waals surface area contributed by atoms with Gasteiger partial charge in [-0.2, -0.15) is 5.26 Å². The summed E-state index contributed by atoms with van der Waals surface area (Å²) in [6, 6.07) is 1.90. The molecule has 4 heteroatoms. The normalized spacial score (nSPS) is 17.2. The lowest BCUT2D eigenvalue weighted by atomic mass is 10.0. The van der Waals surface area contributed by atoms with Crippen molar-refractivity contribution in [3.8, 4) is 6.07 Å². The molecule has 0 radical (unpaired) electrons. The zero-order chi connectivity index (χ0) is 10.5. The Balaban J connectivity index is 4.08. The molecule has 13 heavy (non-hydrogen) atoms. The van der Waals surface area contributed by atoms with E-state index in [4.69, 9.17) is 28.5 Å². The fraction of sp³-hybridized carbons (Fsp3) is 0.778. The maximum absolute atomic E-state index is 11.2. The quantitative estimate of drug-likeness (QED) is 0.671. The highest BCUT2D eigenvalue weighted by Gasteiger charge is 2.27. The molecule has 74 valence electrons. The second-order valence-electron chi connectivity index (χ2n) is 3.20. The van der Waals surface area contributed by atoms with Crippen molar-refractivity contribution in [3.63, 3.8) is 0 Å². The van der Waals surface area contributed by atoms with E-state index >= 15 is 0 Å². The van der Waals surface area contributed by atoms with E-state index in [9.17, 15) is 4.79 Å². The Morgan fingerprint density at radius 2 is 2.23 bits per heavy atom. The molecule has 2 atom stereocenters. The molecule has 0 aromatic carbocycles. The SMILES string of the molecule is CCCC(=O)C(Cl)CC(C)(Cl)C#N. The minimum Gasteiger partial charge on any atom is -0.298 e. The number of alkyl halides is 2. The number of hydrogen-bond donors (Lipinski definition) is 0. The summed E-state index contributed by atoms with van der Waals surface area (Å²) in [6.45, 7) is 3.47. The van der Waals surface area contributed by atoms with Gasteiger partial charge in [0.1, 0.15) is 4.87 Å². The average molecular weight is 222 g/mol. The van der Waals surface area contributed by atoms with E-state index in [1.165, 1.54) is 0 Å². The number of halogens is 2. The number of rotatable bonds is 5. The van der Waals surface area contributed by atoms with Crippen LogP contribution in [0.3, 0.4) is 0 Å². The molecule has 2 nitrogen and oxygen atoms in total. The van der Waals surface area contributed by atoms with Gasteiger partial charge in [-0.25, -0.2) is 0 Å². The summed E-state index contributed by atoms with van der Waals surface area (Å²) in [5.74, 6) is -0.0358. The first-order valence-electron chi connectivity index (χ1n) is 4.20. The molecule has 0 rings (SSSR count). The van der Waals surface area contributed by atoms with Crippen LogP contribution in [0.4, 0.5) is 0 Å². The van der Waals surface area contributed by atoms with Gasteiger partial charge in [-0.3, -0.25) is 4.79 Å². The van der Waals surface area contributed by atoms with E-state index in [0.29, 0.717) is 6.42 Å². The maximum Gasteiger partial charge on any atom is 0.150 e. The van der Waals surface area contributed by atoms with Gasteiger partial charge in [0.25, 0.3) is 0 Å². The topological polar surface area (TPSA) is 40.9 Å². The van der Waals surface area contributed by atoms with Gasteiger partial charge in [0.05, 0.1) is 11.4 Å². The van der Waals surface area contributed by atoms with Crippen LogP contribution in [-0.2, 0) is 4.79 Å². The van der Waals surface area contributed by atoms with Crippen molar-refractivity contribution in [2.45, 2.75) is 43.4 Å². The average Bonchev–Trinajstić information content (AvgIpc) is 2.04. The number of carbonyl (C=O) groups excluding carboxylic acids is 1. The lowest BCUT2D eigenvalue weighted by Crippen LogP contribution is -2.25. The van der Waals surface area contributed by atoms with Crippen LogP contribution in [-0.4, -0.2) is 16.0 Å². The van der Waals surface area contributed by atoms with Crippen LogP contribution < -0.4 is 0 Å². The highest BCUT2D eigenvalue weighted by Crippen LogP contribution is 2.23. The van der Waals surface area contributed by atoms with Crippen LogP contribution in [0.15, 0.2) is 0 Å². The Morgan fingerprint density at radius 1 is 1.69 bits per heavy atom. The van der Waals surface area contributed by atoms with Gasteiger partial charge in [-0.05, 0) is 13.3 Å². The highest BCUT2D eigenvalue weighted by atomic mass is 35.5. The van der Waals surface area contributed by atoms with E-state index in [-0.39, 0.29) is 12.2 Å². The number of nitrogens with zero attached hydrogens (tertiary/aromatic N) is 1. The van der Waals surface area contributed by atoms with E-state index in [0.717, 1.165) is 6.42 Å². The Hall–Kier alpha value is -0.260. The summed E-state index contributed by atoms with van der Waals surface area (Å²) < 4.78 is 0. The van der Waals surface area contributed by atoms with Crippen molar-refractivity contribution < 1.29 is 4.79 Å². The standard InChI is InChI=1S/C9H13Cl2NO/c1-3-4-8(13)7(10)5-9(2,11)6-12/h7H,3-5H2,1-2H3. The summed E-state index contributed by atoms with van der Waals surface area (Å²) in [6.07, 6.45) is 1.42. The third kappa shape index (κ3) is 5.13. The van der Waals surface area contributed by atoms with Crippen molar-refractivity contribution in [1.82, 2.24) is 0 Å². The molecular weight excluding hydrogens is 209 g/mol. The van der Waals surface area contributed by atoms with Crippen LogP contribution in [0.25, 0.3) is 0 Å². The number of Topliss-reactive ketones (excluding diaryl/α,β-unsaturated/α-hetero) is 1. The predicted molar refractivity (Wildman–Crippen MR) is 54.0 cm³/mol. The fourth-order valence-corrected chi connectivity index (χ4v) is 1.55. The zero-order valence-corrected chi connectivity index (χ0v) is 9.32. The Labute approximate surface area is 88.8 Å². The van der Waals surface area contributed by atoms with Gasteiger partial charge < -0.3 is 0 Å². The molecule has 0 saturated heterocycles. The van der Waals surface area contributed by atoms with Crippen LogP contribution in [0, 0.1) is 11.3 Å². The number of carbonyl (C=O) groups is 1. The van der Waals surface area contributed by atoms with Gasteiger partial charge in [-0.1, -0.05) is 6.92 Å². The molecule has 0 saturated carbocycles. The second-order valence-corrected chi connectivity index (χ2v) is 4.56. The first-order chi connectivity index (χ1) is 5.93. The van der Waals surface area contributed by atoms with Crippen molar-refractivity contribution in [3.05, 3.63) is 0 Å². The van der Waals surface area contributed by atoms with Gasteiger partial charge in [0.15, 0.2) is 5.78 Å². The molecule has 0 N–H and O–H groups in total. The lowest BCUT2D eigenvalue weighted by molar-refractivity contribution is -0.118. The summed E-state index contributed by atoms with van der Waals surface area (Å²) in [5.41, 5.74) is 0. The van der Waals surface area contributed by atoms with Gasteiger partial charge in [-0.15, -0.1) is 23.2 Å². The highest BCUT2D eigenvalue weighted by molar-refractivity contribution is 6.32. The maximum atomic E-state index is 11.2. The lowest BCUT2D eigenvalue weighted by Gasteiger charge is -2.15. The molecule has 0 spiro atoms. The molecule has 0 bridgehead atoms. The zero-order valence-electron chi connectivity index (χ0n) is 7.81. The number of ketones is 1. The van der Waals surface area contributed by atoms with Crippen molar-refractivity contribution in [2.75, 3.05) is 0 Å². The molecule has 0 fully saturated rings. The van der Waals surface area contributed by atoms with E-state index in [1.54, 1.807) is 6.92 Å². The van der Waals surface area contributed by atoms with Crippen molar-refractivity contribution in [2.24, 2.45) is 0 Å². The minimum atomic E-state index is -1.03. The van der Waals surface area contributed by atoms with Gasteiger partial charge in [0.2, 0.25) is 0 Å². The van der Waals surface area contributed by atoms with Crippen LogP contribution in [0.5, 0.6) is 0 Å². The Morgan fingerprint density at radius 3 is 2.62 bits per heavy atom. The van der Waals surface area contributed by atoms with Gasteiger partial charge >= 0.3 is 0 Å². The molecule has 0 aromatic heterocycles. The molecule has 0 aliphatic rings. The summed E-state index contributed by atoms with van der Waals surface area (Å²) in [4.78, 5) is 10.2. The molecular formula is C9H13Cl2NO. The van der Waals surface area contributed by atoms with Crippen molar-refractivity contribution in [1.29, 1.82) is 5.26 Å². The Bertz CT molecular complexity index is 220. The third-order valence-corrected chi connectivity index (χ3v) is 2.28. The van der Waals surface area contributed by atoms with Crippen molar-refractivity contribution >= 4 is 29.0 Å². The monoisotopic (exact) mass is 221 g/mol. The van der Waals surface area contributed by atoms with Crippen LogP contribution in [0.1, 0.15) is 33.1 Å². The van der Waals surface area contributed by atoms with E-state index in [2.05, 4.69) is 0 Å². The van der Waals surface area contributed by atoms with E-state index in [1.807, 2.05) is 13.0 Å².